The first kappa shape index (κ1) is 12.4. The van der Waals surface area contributed by atoms with E-state index in [0.717, 1.165) is 0 Å². The van der Waals surface area contributed by atoms with Crippen molar-refractivity contribution in [2.45, 2.75) is 38.4 Å². The minimum atomic E-state index is 0.210. The Morgan fingerprint density at radius 1 is 0.737 bits per heavy atom. The Morgan fingerprint density at radius 3 is 1.79 bits per heavy atom. The average molecular weight is 252 g/mol. The molecule has 3 rings (SSSR count). The fraction of sp³-hybridized carbons (Fsp3) is 0.333. The van der Waals surface area contributed by atoms with Crippen LogP contribution in [0.2, 0.25) is 0 Å². The third-order valence-corrected chi connectivity index (χ3v) is 3.72. The van der Waals surface area contributed by atoms with Gasteiger partial charge in [0.1, 0.15) is 12.2 Å². The molecule has 2 atom stereocenters. The highest BCUT2D eigenvalue weighted by Crippen LogP contribution is 2.50. The van der Waals surface area contributed by atoms with Crippen LogP contribution in [-0.2, 0) is 10.2 Å². The van der Waals surface area contributed by atoms with Crippen LogP contribution in [0, 0.1) is 0 Å². The highest BCUT2D eigenvalue weighted by atomic mass is 16.6. The Kier molecular flexibility index (Phi) is 2.94. The Bertz CT molecular complexity index is 548. The van der Waals surface area contributed by atoms with Gasteiger partial charge in [-0.1, -0.05) is 75.4 Å². The van der Waals surface area contributed by atoms with Crippen LogP contribution in [0.3, 0.4) is 0 Å². The van der Waals surface area contributed by atoms with Gasteiger partial charge >= 0.3 is 0 Å². The molecular formula is C18H20O. The standard InChI is InChI=1S/C18H20O/c1-18(2,3)15-11-9-14(10-12-15)17-16(19-17)13-7-5-4-6-8-13/h4-12,16-17H,1-3H3. The lowest BCUT2D eigenvalue weighted by atomic mass is 9.86. The fourth-order valence-corrected chi connectivity index (χ4v) is 2.43. The molecule has 0 radical (unpaired) electrons. The van der Waals surface area contributed by atoms with Gasteiger partial charge in [0.2, 0.25) is 0 Å². The summed E-state index contributed by atoms with van der Waals surface area (Å²) in [5.41, 5.74) is 4.13. The van der Waals surface area contributed by atoms with E-state index in [1.54, 1.807) is 0 Å². The second-order valence-corrected chi connectivity index (χ2v) is 6.26. The zero-order valence-electron chi connectivity index (χ0n) is 11.8. The van der Waals surface area contributed by atoms with Gasteiger partial charge in [0.15, 0.2) is 0 Å². The number of epoxide rings is 1. The van der Waals surface area contributed by atoms with Crippen molar-refractivity contribution in [3.8, 4) is 0 Å². The van der Waals surface area contributed by atoms with E-state index in [4.69, 9.17) is 4.74 Å². The smallest absolute Gasteiger partial charge is 0.114 e. The maximum Gasteiger partial charge on any atom is 0.114 e. The third-order valence-electron chi connectivity index (χ3n) is 3.72. The molecular weight excluding hydrogens is 232 g/mol. The van der Waals surface area contributed by atoms with E-state index in [1.165, 1.54) is 16.7 Å². The Balaban J connectivity index is 1.76. The van der Waals surface area contributed by atoms with Gasteiger partial charge in [-0.15, -0.1) is 0 Å². The Labute approximate surface area is 115 Å². The van der Waals surface area contributed by atoms with Gasteiger partial charge in [0.25, 0.3) is 0 Å². The second-order valence-electron chi connectivity index (χ2n) is 6.26. The normalized spacial score (nSPS) is 22.3. The quantitative estimate of drug-likeness (QED) is 0.700. The summed E-state index contributed by atoms with van der Waals surface area (Å²) in [5.74, 6) is 0. The summed E-state index contributed by atoms with van der Waals surface area (Å²) in [6.07, 6.45) is 0.470. The third kappa shape index (κ3) is 2.57. The molecule has 98 valence electrons. The second kappa shape index (κ2) is 4.50. The van der Waals surface area contributed by atoms with Crippen molar-refractivity contribution in [2.75, 3.05) is 0 Å². The summed E-state index contributed by atoms with van der Waals surface area (Å²) >= 11 is 0. The van der Waals surface area contributed by atoms with Crippen molar-refractivity contribution in [3.05, 3.63) is 71.3 Å². The maximum atomic E-state index is 5.81. The van der Waals surface area contributed by atoms with Crippen LogP contribution in [0.5, 0.6) is 0 Å². The lowest BCUT2D eigenvalue weighted by Crippen LogP contribution is -2.10. The van der Waals surface area contributed by atoms with E-state index in [1.807, 2.05) is 6.07 Å². The first-order valence-corrected chi connectivity index (χ1v) is 6.86. The molecule has 2 unspecified atom stereocenters. The lowest BCUT2D eigenvalue weighted by molar-refractivity contribution is 0.377. The number of ether oxygens (including phenoxy) is 1. The highest BCUT2D eigenvalue weighted by molar-refractivity contribution is 5.33. The monoisotopic (exact) mass is 252 g/mol. The van der Waals surface area contributed by atoms with Crippen molar-refractivity contribution < 1.29 is 4.74 Å². The van der Waals surface area contributed by atoms with E-state index in [-0.39, 0.29) is 17.6 Å². The summed E-state index contributed by atoms with van der Waals surface area (Å²) in [6, 6.07) is 19.3. The summed E-state index contributed by atoms with van der Waals surface area (Å²) in [7, 11) is 0. The molecule has 1 aliphatic heterocycles. The molecule has 0 bridgehead atoms. The molecule has 1 heteroatoms. The number of rotatable bonds is 2. The van der Waals surface area contributed by atoms with Crippen LogP contribution in [0.1, 0.15) is 49.7 Å². The van der Waals surface area contributed by atoms with Crippen molar-refractivity contribution in [3.63, 3.8) is 0 Å². The Morgan fingerprint density at radius 2 is 1.26 bits per heavy atom. The summed E-state index contributed by atoms with van der Waals surface area (Å²) in [4.78, 5) is 0. The average Bonchev–Trinajstić information content (AvgIpc) is 3.19. The van der Waals surface area contributed by atoms with Gasteiger partial charge in [-0.2, -0.15) is 0 Å². The van der Waals surface area contributed by atoms with Crippen molar-refractivity contribution in [2.24, 2.45) is 0 Å². The maximum absolute atomic E-state index is 5.81. The molecule has 0 amide bonds. The minimum Gasteiger partial charge on any atom is -0.359 e. The molecule has 1 nitrogen and oxygen atoms in total. The molecule has 2 aromatic carbocycles. The van der Waals surface area contributed by atoms with Gasteiger partial charge in [-0.25, -0.2) is 0 Å². The van der Waals surface area contributed by atoms with Crippen LogP contribution in [-0.4, -0.2) is 0 Å². The summed E-state index contributed by atoms with van der Waals surface area (Å²) < 4.78 is 5.81. The number of benzene rings is 2. The summed E-state index contributed by atoms with van der Waals surface area (Å²) in [6.45, 7) is 6.72. The van der Waals surface area contributed by atoms with Crippen molar-refractivity contribution in [1.29, 1.82) is 0 Å². The van der Waals surface area contributed by atoms with Crippen LogP contribution in [0.25, 0.3) is 0 Å². The molecule has 2 aromatic rings. The van der Waals surface area contributed by atoms with Crippen molar-refractivity contribution >= 4 is 0 Å². The molecule has 0 saturated carbocycles. The molecule has 1 fully saturated rings. The molecule has 0 N–H and O–H groups in total. The van der Waals surface area contributed by atoms with Crippen LogP contribution in [0.15, 0.2) is 54.6 Å². The van der Waals surface area contributed by atoms with Crippen molar-refractivity contribution in [1.82, 2.24) is 0 Å². The van der Waals surface area contributed by atoms with E-state index >= 15 is 0 Å². The molecule has 1 saturated heterocycles. The predicted molar refractivity (Wildman–Crippen MR) is 78.2 cm³/mol. The summed E-state index contributed by atoms with van der Waals surface area (Å²) in [5, 5.41) is 0. The predicted octanol–water partition coefficient (Wildman–Crippen LogP) is 4.80. The molecule has 0 aromatic heterocycles. The van der Waals surface area contributed by atoms with Gasteiger partial charge < -0.3 is 4.74 Å². The van der Waals surface area contributed by atoms with Gasteiger partial charge in [-0.3, -0.25) is 0 Å². The van der Waals surface area contributed by atoms with E-state index < -0.39 is 0 Å². The SMILES string of the molecule is CC(C)(C)c1ccc(C2OC2c2ccccc2)cc1. The van der Waals surface area contributed by atoms with Crippen LogP contribution < -0.4 is 0 Å². The van der Waals surface area contributed by atoms with Gasteiger partial charge in [0, 0.05) is 0 Å². The molecule has 1 aliphatic rings. The highest BCUT2D eigenvalue weighted by Gasteiger charge is 2.41. The minimum absolute atomic E-state index is 0.210. The van der Waals surface area contributed by atoms with Crippen LogP contribution in [0.4, 0.5) is 0 Å². The first-order valence-electron chi connectivity index (χ1n) is 6.86. The molecule has 1 heterocycles. The lowest BCUT2D eigenvalue weighted by Gasteiger charge is -2.18. The zero-order valence-corrected chi connectivity index (χ0v) is 11.8. The topological polar surface area (TPSA) is 12.5 Å². The van der Waals surface area contributed by atoms with Crippen LogP contribution >= 0.6 is 0 Å². The van der Waals surface area contributed by atoms with E-state index in [9.17, 15) is 0 Å². The first-order chi connectivity index (χ1) is 9.05. The van der Waals surface area contributed by atoms with E-state index in [0.29, 0.717) is 0 Å². The molecule has 0 aliphatic carbocycles. The van der Waals surface area contributed by atoms with E-state index in [2.05, 4.69) is 69.3 Å². The largest absolute Gasteiger partial charge is 0.359 e. The number of hydrogen-bond acceptors (Lipinski definition) is 1. The fourth-order valence-electron chi connectivity index (χ4n) is 2.43. The molecule has 19 heavy (non-hydrogen) atoms. The number of hydrogen-bond donors (Lipinski definition) is 0. The Hall–Kier alpha value is -1.60. The van der Waals surface area contributed by atoms with Gasteiger partial charge in [0.05, 0.1) is 0 Å². The van der Waals surface area contributed by atoms with Gasteiger partial charge in [-0.05, 0) is 22.1 Å². The molecule has 0 spiro atoms. The zero-order chi connectivity index (χ0) is 13.5.